The predicted molar refractivity (Wildman–Crippen MR) is 65.3 cm³/mol. The lowest BCUT2D eigenvalue weighted by atomic mass is 10.0. The van der Waals surface area contributed by atoms with Crippen molar-refractivity contribution < 1.29 is 0 Å². The number of aryl methyl sites for hydroxylation is 1. The summed E-state index contributed by atoms with van der Waals surface area (Å²) in [5.74, 6) is 0.960. The Balaban J connectivity index is 2.25. The number of aromatic amines is 1. The van der Waals surface area contributed by atoms with Crippen LogP contribution in [0.1, 0.15) is 43.1 Å². The van der Waals surface area contributed by atoms with Crippen LogP contribution in [0.15, 0.2) is 4.79 Å². The Bertz CT molecular complexity index is 624. The van der Waals surface area contributed by atoms with Crippen LogP contribution in [0.3, 0.4) is 0 Å². The summed E-state index contributed by atoms with van der Waals surface area (Å²) < 4.78 is 1.02. The summed E-state index contributed by atoms with van der Waals surface area (Å²) in [6.07, 6.45) is 4.75. The molecule has 5 nitrogen and oxygen atoms in total. The second-order valence-electron chi connectivity index (χ2n) is 4.56. The van der Waals surface area contributed by atoms with E-state index in [0.717, 1.165) is 22.6 Å². The molecule has 1 fully saturated rings. The highest BCUT2D eigenvalue weighted by molar-refractivity contribution is 6.16. The summed E-state index contributed by atoms with van der Waals surface area (Å²) >= 11 is 5.81. The van der Waals surface area contributed by atoms with Gasteiger partial charge >= 0.3 is 0 Å². The van der Waals surface area contributed by atoms with Gasteiger partial charge in [-0.15, -0.1) is 0 Å². The molecular formula is C11H13ClN4O. The van der Waals surface area contributed by atoms with Crippen LogP contribution in [0.2, 0.25) is 0 Å². The van der Waals surface area contributed by atoms with Crippen molar-refractivity contribution in [2.75, 3.05) is 0 Å². The molecule has 6 heteroatoms. The van der Waals surface area contributed by atoms with Gasteiger partial charge in [0.25, 0.3) is 5.56 Å². The zero-order chi connectivity index (χ0) is 12.0. The van der Waals surface area contributed by atoms with Gasteiger partial charge in [0.1, 0.15) is 11.3 Å². The monoisotopic (exact) mass is 252 g/mol. The highest BCUT2D eigenvalue weighted by atomic mass is 35.5. The molecule has 0 unspecified atom stereocenters. The van der Waals surface area contributed by atoms with Crippen LogP contribution >= 0.6 is 11.8 Å². The van der Waals surface area contributed by atoms with E-state index in [9.17, 15) is 4.79 Å². The lowest BCUT2D eigenvalue weighted by Gasteiger charge is -2.06. The second-order valence-corrected chi connectivity index (χ2v) is 4.90. The lowest BCUT2D eigenvalue weighted by Crippen LogP contribution is -2.17. The molecule has 2 heterocycles. The van der Waals surface area contributed by atoms with Gasteiger partial charge in [-0.2, -0.15) is 5.10 Å². The Hall–Kier alpha value is -1.36. The molecule has 0 saturated heterocycles. The predicted octanol–water partition coefficient (Wildman–Crippen LogP) is 2.09. The van der Waals surface area contributed by atoms with Crippen molar-refractivity contribution in [3.63, 3.8) is 0 Å². The van der Waals surface area contributed by atoms with Crippen molar-refractivity contribution in [2.24, 2.45) is 0 Å². The minimum atomic E-state index is -0.297. The Labute approximate surface area is 103 Å². The van der Waals surface area contributed by atoms with E-state index >= 15 is 0 Å². The van der Waals surface area contributed by atoms with Crippen LogP contribution in [0.25, 0.3) is 11.0 Å². The molecule has 0 aliphatic heterocycles. The van der Waals surface area contributed by atoms with Gasteiger partial charge in [0.2, 0.25) is 0 Å². The van der Waals surface area contributed by atoms with Crippen LogP contribution in [0, 0.1) is 6.92 Å². The minimum Gasteiger partial charge on any atom is -0.279 e. The molecule has 0 bridgehead atoms. The van der Waals surface area contributed by atoms with Gasteiger partial charge in [-0.05, 0) is 19.8 Å². The quantitative estimate of drug-likeness (QED) is 0.845. The van der Waals surface area contributed by atoms with Crippen molar-refractivity contribution in [1.82, 2.24) is 19.3 Å². The molecule has 0 radical (unpaired) electrons. The van der Waals surface area contributed by atoms with E-state index in [0.29, 0.717) is 22.8 Å². The molecule has 1 N–H and O–H groups in total. The third-order valence-electron chi connectivity index (χ3n) is 3.47. The van der Waals surface area contributed by atoms with E-state index in [4.69, 9.17) is 11.8 Å². The van der Waals surface area contributed by atoms with E-state index in [1.165, 1.54) is 12.8 Å². The Morgan fingerprint density at radius 2 is 2.06 bits per heavy atom. The standard InChI is InChI=1S/C11H13ClN4O/c1-6-13-9-8(7-4-2-3-5-7)14-15-10(9)11(17)16(6)12/h7H,2-5H2,1H3,(H,14,15). The topological polar surface area (TPSA) is 63.6 Å². The summed E-state index contributed by atoms with van der Waals surface area (Å²) in [5, 5.41) is 7.03. The number of aromatic nitrogens is 4. The molecule has 1 saturated carbocycles. The lowest BCUT2D eigenvalue weighted by molar-refractivity contribution is 0.696. The number of fused-ring (bicyclic) bond motifs is 1. The number of hydrogen-bond donors (Lipinski definition) is 1. The van der Waals surface area contributed by atoms with Crippen molar-refractivity contribution in [3.8, 4) is 0 Å². The zero-order valence-corrected chi connectivity index (χ0v) is 10.3. The van der Waals surface area contributed by atoms with E-state index in [1.807, 2.05) is 0 Å². The van der Waals surface area contributed by atoms with Crippen LogP contribution < -0.4 is 5.56 Å². The molecule has 1 aliphatic carbocycles. The van der Waals surface area contributed by atoms with Gasteiger partial charge in [-0.3, -0.25) is 9.89 Å². The van der Waals surface area contributed by atoms with Crippen LogP contribution in [0.4, 0.5) is 0 Å². The first kappa shape index (κ1) is 10.8. The van der Waals surface area contributed by atoms with Gasteiger partial charge < -0.3 is 0 Å². The maximum absolute atomic E-state index is 11.9. The third kappa shape index (κ3) is 1.57. The summed E-state index contributed by atoms with van der Waals surface area (Å²) in [5.41, 5.74) is 1.73. The number of H-pyrrole nitrogens is 1. The zero-order valence-electron chi connectivity index (χ0n) is 9.53. The summed E-state index contributed by atoms with van der Waals surface area (Å²) in [7, 11) is 0. The number of nitrogens with one attached hydrogen (secondary N) is 1. The summed E-state index contributed by atoms with van der Waals surface area (Å²) in [6, 6.07) is 0. The molecule has 0 atom stereocenters. The van der Waals surface area contributed by atoms with Crippen LogP contribution in [-0.2, 0) is 0 Å². The SMILES string of the molecule is Cc1nc2c(C3CCCC3)[nH]nc2c(=O)n1Cl. The molecule has 0 amide bonds. The summed E-state index contributed by atoms with van der Waals surface area (Å²) in [6.45, 7) is 1.72. The smallest absolute Gasteiger partial charge is 0.279 e. The molecule has 90 valence electrons. The fourth-order valence-electron chi connectivity index (χ4n) is 2.56. The maximum Gasteiger partial charge on any atom is 0.296 e. The molecule has 1 aliphatic rings. The number of hydrogen-bond acceptors (Lipinski definition) is 3. The van der Waals surface area contributed by atoms with E-state index in [-0.39, 0.29) is 5.56 Å². The molecule has 0 aromatic carbocycles. The average molecular weight is 253 g/mol. The molecule has 3 rings (SSSR count). The van der Waals surface area contributed by atoms with Crippen LogP contribution in [0.5, 0.6) is 0 Å². The molecule has 2 aromatic heterocycles. The van der Waals surface area contributed by atoms with Gasteiger partial charge in [-0.1, -0.05) is 12.8 Å². The Kier molecular flexibility index (Phi) is 2.43. The fraction of sp³-hybridized carbons (Fsp3) is 0.545. The first-order valence-electron chi connectivity index (χ1n) is 5.82. The van der Waals surface area contributed by atoms with Gasteiger partial charge in [0.15, 0.2) is 5.52 Å². The van der Waals surface area contributed by atoms with E-state index < -0.39 is 0 Å². The van der Waals surface area contributed by atoms with Gasteiger partial charge in [0.05, 0.1) is 5.69 Å². The van der Waals surface area contributed by atoms with Gasteiger partial charge in [0, 0.05) is 17.7 Å². The number of rotatable bonds is 1. The second kappa shape index (κ2) is 3.84. The fourth-order valence-corrected chi connectivity index (χ4v) is 2.67. The minimum absolute atomic E-state index is 0.297. The first-order valence-corrected chi connectivity index (χ1v) is 6.16. The first-order chi connectivity index (χ1) is 8.18. The highest BCUT2D eigenvalue weighted by Gasteiger charge is 2.23. The Morgan fingerprint density at radius 3 is 2.76 bits per heavy atom. The van der Waals surface area contributed by atoms with E-state index in [1.54, 1.807) is 6.92 Å². The number of halogens is 1. The third-order valence-corrected chi connectivity index (χ3v) is 3.87. The summed E-state index contributed by atoms with van der Waals surface area (Å²) in [4.78, 5) is 16.3. The van der Waals surface area contributed by atoms with Crippen molar-refractivity contribution in [3.05, 3.63) is 21.9 Å². The highest BCUT2D eigenvalue weighted by Crippen LogP contribution is 2.35. The maximum atomic E-state index is 11.9. The largest absolute Gasteiger partial charge is 0.296 e. The van der Waals surface area contributed by atoms with E-state index in [2.05, 4.69) is 15.2 Å². The molecule has 17 heavy (non-hydrogen) atoms. The van der Waals surface area contributed by atoms with Crippen molar-refractivity contribution in [2.45, 2.75) is 38.5 Å². The molecular weight excluding hydrogens is 240 g/mol. The average Bonchev–Trinajstić information content (AvgIpc) is 2.93. The molecule has 2 aromatic rings. The van der Waals surface area contributed by atoms with Gasteiger partial charge in [-0.25, -0.2) is 9.07 Å². The molecule has 0 spiro atoms. The number of nitrogens with zero attached hydrogens (tertiary/aromatic N) is 3. The Morgan fingerprint density at radius 1 is 1.35 bits per heavy atom. The van der Waals surface area contributed by atoms with Crippen molar-refractivity contribution >= 4 is 22.8 Å². The van der Waals surface area contributed by atoms with Crippen molar-refractivity contribution in [1.29, 1.82) is 0 Å². The van der Waals surface area contributed by atoms with Crippen LogP contribution in [-0.4, -0.2) is 19.3 Å². The normalized spacial score (nSPS) is 17.1.